The molecule has 5 nitrogen and oxygen atoms in total. The average Bonchev–Trinajstić information content (AvgIpc) is 3.35. The summed E-state index contributed by atoms with van der Waals surface area (Å²) in [6.45, 7) is 4.84. The average molecular weight is 468 g/mol. The zero-order valence-electron chi connectivity index (χ0n) is 19.4. The lowest BCUT2D eigenvalue weighted by Crippen LogP contribution is -2.57. The Bertz CT molecular complexity index is 937. The van der Waals surface area contributed by atoms with Crippen molar-refractivity contribution in [3.63, 3.8) is 0 Å². The van der Waals surface area contributed by atoms with E-state index >= 15 is 0 Å². The Morgan fingerprint density at radius 1 is 1.00 bits per heavy atom. The molecule has 176 valence electrons. The number of amides is 2. The van der Waals surface area contributed by atoms with Crippen LogP contribution in [0.3, 0.4) is 0 Å². The van der Waals surface area contributed by atoms with Crippen LogP contribution in [0.15, 0.2) is 54.6 Å². The molecule has 2 aromatic carbocycles. The Morgan fingerprint density at radius 3 is 2.33 bits per heavy atom. The highest BCUT2D eigenvalue weighted by atomic mass is 35.5. The van der Waals surface area contributed by atoms with Gasteiger partial charge >= 0.3 is 0 Å². The van der Waals surface area contributed by atoms with Gasteiger partial charge in [-0.05, 0) is 48.9 Å². The topological polar surface area (TPSA) is 52.7 Å². The molecule has 1 saturated heterocycles. The molecule has 0 unspecified atom stereocenters. The van der Waals surface area contributed by atoms with E-state index in [2.05, 4.69) is 17.1 Å². The first-order chi connectivity index (χ1) is 16.1. The number of halogens is 1. The van der Waals surface area contributed by atoms with Gasteiger partial charge in [0.1, 0.15) is 0 Å². The summed E-state index contributed by atoms with van der Waals surface area (Å²) < 4.78 is 0. The summed E-state index contributed by atoms with van der Waals surface area (Å²) in [5.74, 6) is 0.498. The van der Waals surface area contributed by atoms with Crippen molar-refractivity contribution in [2.75, 3.05) is 31.5 Å². The van der Waals surface area contributed by atoms with Gasteiger partial charge in [-0.25, -0.2) is 0 Å². The molecule has 2 aliphatic rings. The van der Waals surface area contributed by atoms with Crippen LogP contribution in [-0.2, 0) is 9.59 Å². The van der Waals surface area contributed by atoms with Gasteiger partial charge in [-0.3, -0.25) is 14.5 Å². The number of nitrogens with one attached hydrogen (secondary N) is 1. The molecule has 0 radical (unpaired) electrons. The molecule has 33 heavy (non-hydrogen) atoms. The van der Waals surface area contributed by atoms with Crippen LogP contribution < -0.4 is 5.32 Å². The molecule has 2 aromatic rings. The van der Waals surface area contributed by atoms with Crippen molar-refractivity contribution in [3.8, 4) is 0 Å². The Labute approximate surface area is 202 Å². The fourth-order valence-corrected chi connectivity index (χ4v) is 5.60. The van der Waals surface area contributed by atoms with E-state index in [4.69, 9.17) is 11.6 Å². The molecule has 2 fully saturated rings. The minimum atomic E-state index is -0.167. The van der Waals surface area contributed by atoms with E-state index in [1.165, 1.54) is 12.8 Å². The summed E-state index contributed by atoms with van der Waals surface area (Å²) in [6, 6.07) is 17.2. The number of anilines is 1. The van der Waals surface area contributed by atoms with Gasteiger partial charge in [-0.2, -0.15) is 0 Å². The largest absolute Gasteiger partial charge is 0.340 e. The molecule has 2 amide bonds. The maximum Gasteiger partial charge on any atom is 0.242 e. The maximum atomic E-state index is 13.4. The van der Waals surface area contributed by atoms with Crippen LogP contribution in [-0.4, -0.2) is 53.8 Å². The quantitative estimate of drug-likeness (QED) is 0.610. The van der Waals surface area contributed by atoms with E-state index in [-0.39, 0.29) is 23.8 Å². The number of rotatable bonds is 7. The minimum absolute atomic E-state index is 0.0414. The van der Waals surface area contributed by atoms with Crippen LogP contribution in [0, 0.1) is 5.92 Å². The summed E-state index contributed by atoms with van der Waals surface area (Å²) in [4.78, 5) is 31.0. The van der Waals surface area contributed by atoms with E-state index in [1.807, 2.05) is 47.4 Å². The Kier molecular flexibility index (Phi) is 8.05. The van der Waals surface area contributed by atoms with Gasteiger partial charge in [0.15, 0.2) is 0 Å². The first kappa shape index (κ1) is 23.8. The van der Waals surface area contributed by atoms with Crippen molar-refractivity contribution in [2.45, 2.75) is 51.0 Å². The molecule has 6 heteroatoms. The smallest absolute Gasteiger partial charge is 0.242 e. The highest BCUT2D eigenvalue weighted by molar-refractivity contribution is 6.30. The van der Waals surface area contributed by atoms with Gasteiger partial charge in [-0.1, -0.05) is 67.8 Å². The predicted octanol–water partition coefficient (Wildman–Crippen LogP) is 5.18. The third-order valence-corrected chi connectivity index (χ3v) is 7.37. The Morgan fingerprint density at radius 2 is 1.70 bits per heavy atom. The molecule has 2 atom stereocenters. The first-order valence-electron chi connectivity index (χ1n) is 12.2. The van der Waals surface area contributed by atoms with Crippen LogP contribution in [0.2, 0.25) is 5.02 Å². The molecule has 4 rings (SSSR count). The molecule has 1 aliphatic heterocycles. The van der Waals surface area contributed by atoms with Crippen LogP contribution in [0.4, 0.5) is 5.69 Å². The standard InChI is InChI=1S/C27H34ClN3O2/c1-2-24(20-9-4-3-5-10-20)27(33)31-17-15-30(16-18-31)25(21-11-6-7-12-21)26(32)29-23-14-8-13-22(28)19-23/h3-5,8-10,13-14,19,21,24-25H,2,6-7,11-12,15-18H2,1H3,(H,29,32)/t24-,25-/m0/s1. The monoisotopic (exact) mass is 467 g/mol. The maximum absolute atomic E-state index is 13.4. The lowest BCUT2D eigenvalue weighted by molar-refractivity contribution is -0.136. The lowest BCUT2D eigenvalue weighted by atomic mass is 9.93. The van der Waals surface area contributed by atoms with Crippen LogP contribution in [0.5, 0.6) is 0 Å². The second kappa shape index (κ2) is 11.2. The highest BCUT2D eigenvalue weighted by Crippen LogP contribution is 2.32. The third-order valence-electron chi connectivity index (χ3n) is 7.13. The lowest BCUT2D eigenvalue weighted by Gasteiger charge is -2.41. The number of carbonyl (C=O) groups excluding carboxylic acids is 2. The normalized spacial score (nSPS) is 19.3. The predicted molar refractivity (Wildman–Crippen MR) is 133 cm³/mol. The second-order valence-electron chi connectivity index (χ2n) is 9.22. The highest BCUT2D eigenvalue weighted by Gasteiger charge is 2.38. The number of benzene rings is 2. The van der Waals surface area contributed by atoms with Crippen LogP contribution in [0.1, 0.15) is 50.5 Å². The summed E-state index contributed by atoms with van der Waals surface area (Å²) in [7, 11) is 0. The molecular formula is C27H34ClN3O2. The van der Waals surface area contributed by atoms with Crippen molar-refractivity contribution in [1.29, 1.82) is 0 Å². The van der Waals surface area contributed by atoms with Crippen molar-refractivity contribution >= 4 is 29.1 Å². The Balaban J connectivity index is 1.42. The van der Waals surface area contributed by atoms with E-state index in [0.717, 1.165) is 43.6 Å². The van der Waals surface area contributed by atoms with Crippen LogP contribution >= 0.6 is 11.6 Å². The zero-order chi connectivity index (χ0) is 23.2. The number of carbonyl (C=O) groups is 2. The Hall–Kier alpha value is -2.37. The van der Waals surface area contributed by atoms with Gasteiger partial charge in [0.05, 0.1) is 12.0 Å². The molecule has 1 saturated carbocycles. The molecule has 1 N–H and O–H groups in total. The molecular weight excluding hydrogens is 434 g/mol. The number of piperazine rings is 1. The molecule has 0 spiro atoms. The molecule has 0 bridgehead atoms. The van der Waals surface area contributed by atoms with Crippen molar-refractivity contribution in [3.05, 3.63) is 65.2 Å². The van der Waals surface area contributed by atoms with Crippen molar-refractivity contribution in [2.24, 2.45) is 5.92 Å². The fourth-order valence-electron chi connectivity index (χ4n) is 5.41. The summed E-state index contributed by atoms with van der Waals surface area (Å²) in [6.07, 6.45) is 5.31. The van der Waals surface area contributed by atoms with Gasteiger partial charge < -0.3 is 10.2 Å². The molecule has 1 heterocycles. The van der Waals surface area contributed by atoms with Crippen molar-refractivity contribution < 1.29 is 9.59 Å². The van der Waals surface area contributed by atoms with E-state index in [0.29, 0.717) is 24.0 Å². The number of hydrogen-bond donors (Lipinski definition) is 1. The second-order valence-corrected chi connectivity index (χ2v) is 9.66. The minimum Gasteiger partial charge on any atom is -0.340 e. The SMILES string of the molecule is CC[C@H](C(=O)N1CCN([C@H](C(=O)Nc2cccc(Cl)c2)C2CCCC2)CC1)c1ccccc1. The van der Waals surface area contributed by atoms with Gasteiger partial charge in [-0.15, -0.1) is 0 Å². The van der Waals surface area contributed by atoms with Crippen molar-refractivity contribution in [1.82, 2.24) is 9.80 Å². The van der Waals surface area contributed by atoms with E-state index in [1.54, 1.807) is 12.1 Å². The summed E-state index contributed by atoms with van der Waals surface area (Å²) in [5.41, 5.74) is 1.81. The zero-order valence-corrected chi connectivity index (χ0v) is 20.1. The summed E-state index contributed by atoms with van der Waals surface area (Å²) >= 11 is 6.11. The number of hydrogen-bond acceptors (Lipinski definition) is 3. The van der Waals surface area contributed by atoms with E-state index in [9.17, 15) is 9.59 Å². The summed E-state index contributed by atoms with van der Waals surface area (Å²) in [5, 5.41) is 3.71. The first-order valence-corrected chi connectivity index (χ1v) is 12.6. The van der Waals surface area contributed by atoms with Crippen LogP contribution in [0.25, 0.3) is 0 Å². The van der Waals surface area contributed by atoms with Gasteiger partial charge in [0.25, 0.3) is 0 Å². The van der Waals surface area contributed by atoms with E-state index < -0.39 is 0 Å². The number of nitrogens with zero attached hydrogens (tertiary/aromatic N) is 2. The van der Waals surface area contributed by atoms with Gasteiger partial charge in [0, 0.05) is 36.9 Å². The van der Waals surface area contributed by atoms with Gasteiger partial charge in [0.2, 0.25) is 11.8 Å². The molecule has 1 aliphatic carbocycles. The third kappa shape index (κ3) is 5.77. The fraction of sp³-hybridized carbons (Fsp3) is 0.481. The molecule has 0 aromatic heterocycles.